The quantitative estimate of drug-likeness (QED) is 0.683. The molecule has 0 bridgehead atoms. The molecule has 0 atom stereocenters. The van der Waals surface area contributed by atoms with Crippen molar-refractivity contribution in [2.75, 3.05) is 21.3 Å². The third kappa shape index (κ3) is 1.90. The van der Waals surface area contributed by atoms with Gasteiger partial charge in [-0.15, -0.1) is 0 Å². The molecule has 0 amide bonds. The number of pyridine rings is 1. The summed E-state index contributed by atoms with van der Waals surface area (Å²) in [4.78, 5) is 4.47. The smallest absolute Gasteiger partial charge is 0.161 e. The number of ether oxygens (including phenoxy) is 3. The number of aromatic nitrogens is 1. The molecule has 0 saturated heterocycles. The Labute approximate surface area is 116 Å². The lowest BCUT2D eigenvalue weighted by Gasteiger charge is -2.11. The van der Waals surface area contributed by atoms with E-state index in [-0.39, 0.29) is 0 Å². The van der Waals surface area contributed by atoms with E-state index in [0.717, 1.165) is 27.4 Å². The van der Waals surface area contributed by atoms with Gasteiger partial charge in [0.2, 0.25) is 0 Å². The molecule has 0 radical (unpaired) electrons. The van der Waals surface area contributed by atoms with Crippen LogP contribution in [0.25, 0.3) is 21.7 Å². The molecule has 20 heavy (non-hydrogen) atoms. The van der Waals surface area contributed by atoms with Crippen molar-refractivity contribution in [3.05, 3.63) is 36.5 Å². The maximum atomic E-state index is 5.37. The summed E-state index contributed by atoms with van der Waals surface area (Å²) >= 11 is 0. The van der Waals surface area contributed by atoms with Gasteiger partial charge in [0.05, 0.1) is 26.8 Å². The van der Waals surface area contributed by atoms with Crippen LogP contribution in [0.4, 0.5) is 0 Å². The Morgan fingerprint density at radius 3 is 2.25 bits per heavy atom. The van der Waals surface area contributed by atoms with E-state index in [4.69, 9.17) is 14.2 Å². The minimum atomic E-state index is 0.703. The Morgan fingerprint density at radius 1 is 0.800 bits per heavy atom. The summed E-state index contributed by atoms with van der Waals surface area (Å²) in [7, 11) is 4.91. The predicted molar refractivity (Wildman–Crippen MR) is 78.9 cm³/mol. The molecular weight excluding hydrogens is 254 g/mol. The van der Waals surface area contributed by atoms with Crippen LogP contribution in [0.5, 0.6) is 17.2 Å². The average Bonchev–Trinajstić information content (AvgIpc) is 2.52. The molecule has 3 rings (SSSR count). The van der Waals surface area contributed by atoms with Crippen LogP contribution in [0.15, 0.2) is 36.5 Å². The van der Waals surface area contributed by atoms with E-state index >= 15 is 0 Å². The van der Waals surface area contributed by atoms with Gasteiger partial charge < -0.3 is 14.2 Å². The second-order valence-electron chi connectivity index (χ2n) is 4.44. The molecule has 0 aliphatic heterocycles. The molecular formula is C16H15NO3. The van der Waals surface area contributed by atoms with Crippen molar-refractivity contribution in [2.24, 2.45) is 0 Å². The second-order valence-corrected chi connectivity index (χ2v) is 4.44. The summed E-state index contributed by atoms with van der Waals surface area (Å²) in [5.74, 6) is 2.21. The first-order chi connectivity index (χ1) is 9.76. The number of methoxy groups -OCH3 is 3. The minimum Gasteiger partial charge on any atom is -0.497 e. The molecule has 0 unspecified atom stereocenters. The molecule has 4 nitrogen and oxygen atoms in total. The first kappa shape index (κ1) is 12.5. The van der Waals surface area contributed by atoms with Crippen molar-refractivity contribution in [1.82, 2.24) is 4.98 Å². The van der Waals surface area contributed by atoms with Gasteiger partial charge in [-0.05, 0) is 29.7 Å². The first-order valence-corrected chi connectivity index (χ1v) is 6.25. The van der Waals surface area contributed by atoms with Crippen LogP contribution in [-0.2, 0) is 0 Å². The highest BCUT2D eigenvalue weighted by Crippen LogP contribution is 2.35. The number of fused-ring (bicyclic) bond motifs is 3. The van der Waals surface area contributed by atoms with E-state index in [1.165, 1.54) is 0 Å². The average molecular weight is 269 g/mol. The van der Waals surface area contributed by atoms with Gasteiger partial charge in [-0.1, -0.05) is 0 Å². The lowest BCUT2D eigenvalue weighted by molar-refractivity contribution is 0.356. The van der Waals surface area contributed by atoms with Crippen LogP contribution in [0, 0.1) is 0 Å². The Bertz CT molecular complexity index is 783. The van der Waals surface area contributed by atoms with Gasteiger partial charge in [0.15, 0.2) is 11.5 Å². The maximum Gasteiger partial charge on any atom is 0.161 e. The Hall–Kier alpha value is -2.49. The zero-order valence-corrected chi connectivity index (χ0v) is 11.6. The van der Waals surface area contributed by atoms with Crippen LogP contribution in [0.2, 0.25) is 0 Å². The van der Waals surface area contributed by atoms with Gasteiger partial charge in [-0.2, -0.15) is 0 Å². The first-order valence-electron chi connectivity index (χ1n) is 6.25. The normalized spacial score (nSPS) is 10.8. The molecule has 102 valence electrons. The van der Waals surface area contributed by atoms with Crippen LogP contribution < -0.4 is 14.2 Å². The highest BCUT2D eigenvalue weighted by molar-refractivity contribution is 6.06. The van der Waals surface area contributed by atoms with Gasteiger partial charge in [-0.25, -0.2) is 0 Å². The summed E-state index contributed by atoms with van der Waals surface area (Å²) in [5, 5.41) is 3.15. The third-order valence-corrected chi connectivity index (χ3v) is 3.39. The standard InChI is InChI=1S/C16H15NO3/c1-18-11-4-5-12-13-8-16(20-3)15(19-2)6-10(13)9-17-14(12)7-11/h4-9H,1-3H3. The van der Waals surface area contributed by atoms with Crippen LogP contribution in [0.1, 0.15) is 0 Å². The molecule has 0 N–H and O–H groups in total. The zero-order valence-electron chi connectivity index (χ0n) is 11.6. The van der Waals surface area contributed by atoms with Crippen molar-refractivity contribution >= 4 is 21.7 Å². The van der Waals surface area contributed by atoms with E-state index in [1.54, 1.807) is 21.3 Å². The van der Waals surface area contributed by atoms with Gasteiger partial charge in [-0.3, -0.25) is 4.98 Å². The molecule has 1 heterocycles. The van der Waals surface area contributed by atoms with E-state index in [9.17, 15) is 0 Å². The van der Waals surface area contributed by atoms with E-state index in [2.05, 4.69) is 4.98 Å². The minimum absolute atomic E-state index is 0.703. The largest absolute Gasteiger partial charge is 0.497 e. The van der Waals surface area contributed by atoms with Gasteiger partial charge >= 0.3 is 0 Å². The molecule has 0 aliphatic rings. The topological polar surface area (TPSA) is 40.6 Å². The maximum absolute atomic E-state index is 5.37. The zero-order chi connectivity index (χ0) is 14.1. The van der Waals surface area contributed by atoms with Crippen molar-refractivity contribution in [3.8, 4) is 17.2 Å². The van der Waals surface area contributed by atoms with Crippen LogP contribution in [-0.4, -0.2) is 26.3 Å². The SMILES string of the molecule is COc1ccc2c(c1)ncc1cc(OC)c(OC)cc12. The molecule has 3 aromatic rings. The van der Waals surface area contributed by atoms with E-state index in [1.807, 2.05) is 36.5 Å². The fraction of sp³-hybridized carbons (Fsp3) is 0.188. The summed E-state index contributed by atoms with van der Waals surface area (Å²) < 4.78 is 15.9. The molecule has 0 saturated carbocycles. The number of nitrogens with zero attached hydrogens (tertiary/aromatic N) is 1. The van der Waals surface area contributed by atoms with E-state index in [0.29, 0.717) is 11.5 Å². The molecule has 4 heteroatoms. The lowest BCUT2D eigenvalue weighted by Crippen LogP contribution is -1.92. The summed E-state index contributed by atoms with van der Waals surface area (Å²) in [6.45, 7) is 0. The third-order valence-electron chi connectivity index (χ3n) is 3.39. The van der Waals surface area contributed by atoms with Crippen LogP contribution >= 0.6 is 0 Å². The van der Waals surface area contributed by atoms with Crippen molar-refractivity contribution in [3.63, 3.8) is 0 Å². The Kier molecular flexibility index (Phi) is 3.06. The number of hydrogen-bond acceptors (Lipinski definition) is 4. The lowest BCUT2D eigenvalue weighted by atomic mass is 10.1. The molecule has 0 spiro atoms. The molecule has 2 aromatic carbocycles. The summed E-state index contributed by atoms with van der Waals surface area (Å²) in [6.07, 6.45) is 1.83. The predicted octanol–water partition coefficient (Wildman–Crippen LogP) is 3.41. The van der Waals surface area contributed by atoms with Gasteiger partial charge in [0.25, 0.3) is 0 Å². The summed E-state index contributed by atoms with van der Waals surface area (Å²) in [6, 6.07) is 9.77. The van der Waals surface area contributed by atoms with Crippen LogP contribution in [0.3, 0.4) is 0 Å². The monoisotopic (exact) mass is 269 g/mol. The number of benzene rings is 2. The van der Waals surface area contributed by atoms with Crippen molar-refractivity contribution in [2.45, 2.75) is 0 Å². The molecule has 0 aliphatic carbocycles. The Balaban J connectivity index is 2.35. The highest BCUT2D eigenvalue weighted by Gasteiger charge is 2.09. The van der Waals surface area contributed by atoms with Crippen molar-refractivity contribution < 1.29 is 14.2 Å². The highest BCUT2D eigenvalue weighted by atomic mass is 16.5. The number of hydrogen-bond donors (Lipinski definition) is 0. The molecule has 1 aromatic heterocycles. The fourth-order valence-electron chi connectivity index (χ4n) is 2.35. The molecule has 0 fully saturated rings. The van der Waals surface area contributed by atoms with Gasteiger partial charge in [0.1, 0.15) is 5.75 Å². The second kappa shape index (κ2) is 4.89. The van der Waals surface area contributed by atoms with E-state index < -0.39 is 0 Å². The number of rotatable bonds is 3. The Morgan fingerprint density at radius 2 is 1.55 bits per heavy atom. The fourth-order valence-corrected chi connectivity index (χ4v) is 2.35. The summed E-state index contributed by atoms with van der Waals surface area (Å²) in [5.41, 5.74) is 0.893. The van der Waals surface area contributed by atoms with Crippen molar-refractivity contribution in [1.29, 1.82) is 0 Å². The van der Waals surface area contributed by atoms with Gasteiger partial charge in [0, 0.05) is 23.0 Å².